The Kier molecular flexibility index (Phi) is 9.95. The van der Waals surface area contributed by atoms with Crippen LogP contribution >= 0.6 is 11.3 Å². The van der Waals surface area contributed by atoms with Gasteiger partial charge in [-0.1, -0.05) is 43.2 Å². The lowest BCUT2D eigenvalue weighted by Crippen LogP contribution is -2.53. The minimum Gasteiger partial charge on any atom is -0.340 e. The van der Waals surface area contributed by atoms with Gasteiger partial charge >= 0.3 is 6.03 Å². The van der Waals surface area contributed by atoms with Crippen LogP contribution in [0, 0.1) is 18.7 Å². The Labute approximate surface area is 216 Å². The fraction of sp³-hybridized carbons (Fsp3) is 0.538. The fourth-order valence-corrected chi connectivity index (χ4v) is 5.38. The molecule has 1 aliphatic heterocycles. The van der Waals surface area contributed by atoms with Gasteiger partial charge in [0.1, 0.15) is 5.82 Å². The topological polar surface area (TPSA) is 103 Å². The maximum atomic E-state index is 12.7. The lowest BCUT2D eigenvalue weighted by Gasteiger charge is -2.33. The molecule has 1 aliphatic carbocycles. The summed E-state index contributed by atoms with van der Waals surface area (Å²) in [5, 5.41) is 9.30. The van der Waals surface area contributed by atoms with Crippen molar-refractivity contribution in [3.63, 3.8) is 0 Å². The van der Waals surface area contributed by atoms with Crippen LogP contribution in [-0.4, -0.2) is 59.8 Å². The number of rotatable bonds is 5. The molecule has 3 atom stereocenters. The number of ketones is 1. The number of amides is 3. The van der Waals surface area contributed by atoms with Crippen LogP contribution in [0.25, 0.3) is 0 Å². The van der Waals surface area contributed by atoms with Gasteiger partial charge < -0.3 is 15.5 Å². The maximum absolute atomic E-state index is 12.7. The molecule has 1 aromatic carbocycles. The molecular formula is C26H36FN5O3S. The summed E-state index contributed by atoms with van der Waals surface area (Å²) in [5.74, 6) is 0.378. The number of halogens is 1. The minimum atomic E-state index is -0.229. The van der Waals surface area contributed by atoms with Gasteiger partial charge in [0.15, 0.2) is 10.9 Å². The highest BCUT2D eigenvalue weighted by Crippen LogP contribution is 2.25. The fourth-order valence-electron chi connectivity index (χ4n) is 4.52. The number of nitrogens with one attached hydrogen (secondary N) is 3. The summed E-state index contributed by atoms with van der Waals surface area (Å²) in [7, 11) is 1.82. The van der Waals surface area contributed by atoms with E-state index in [0.717, 1.165) is 31.4 Å². The highest BCUT2D eigenvalue weighted by Gasteiger charge is 2.25. The van der Waals surface area contributed by atoms with E-state index in [1.807, 2.05) is 7.05 Å². The van der Waals surface area contributed by atoms with Crippen LogP contribution in [0.15, 0.2) is 24.3 Å². The quantitative estimate of drug-likeness (QED) is 0.517. The normalized spacial score (nSPS) is 21.9. The van der Waals surface area contributed by atoms with Crippen molar-refractivity contribution in [3.8, 4) is 0 Å². The number of likely N-dealkylation sites (N-methyl/N-ethyl adjacent to an activating group) is 1. The third kappa shape index (κ3) is 7.83. The molecule has 196 valence electrons. The number of carbonyl (C=O) groups is 3. The average Bonchev–Trinajstić information content (AvgIpc) is 3.20. The van der Waals surface area contributed by atoms with Gasteiger partial charge in [-0.05, 0) is 49.8 Å². The van der Waals surface area contributed by atoms with Crippen LogP contribution in [-0.2, 0) is 11.2 Å². The number of benzene rings is 1. The number of nitrogens with zero attached hydrogens (tertiary/aromatic N) is 2. The predicted molar refractivity (Wildman–Crippen MR) is 140 cm³/mol. The summed E-state index contributed by atoms with van der Waals surface area (Å²) in [4.78, 5) is 41.4. The van der Waals surface area contributed by atoms with Gasteiger partial charge in [0.25, 0.3) is 0 Å². The zero-order valence-electron chi connectivity index (χ0n) is 21.4. The number of carbonyl (C=O) groups excluding carboxylic acids is 3. The molecule has 0 radical (unpaired) electrons. The van der Waals surface area contributed by atoms with E-state index in [1.54, 1.807) is 24.0 Å². The average molecular weight is 518 g/mol. The van der Waals surface area contributed by atoms with Gasteiger partial charge in [0.05, 0.1) is 17.1 Å². The Bertz CT molecular complexity index is 1060. The lowest BCUT2D eigenvalue weighted by atomic mass is 9.86. The SMILES string of the molecule is CC(=O)c1sc(NC(=O)NC2CCCCC2C)nc1C.CN1C(=O)CNCC1Cc1ccc(F)cc1. The third-order valence-corrected chi connectivity index (χ3v) is 7.92. The van der Waals surface area contributed by atoms with Gasteiger partial charge in [-0.15, -0.1) is 0 Å². The van der Waals surface area contributed by atoms with Crippen LogP contribution < -0.4 is 16.0 Å². The van der Waals surface area contributed by atoms with E-state index in [4.69, 9.17) is 0 Å². The summed E-state index contributed by atoms with van der Waals surface area (Å²) in [6.45, 7) is 6.66. The molecular weight excluding hydrogens is 481 g/mol. The molecule has 2 fully saturated rings. The van der Waals surface area contributed by atoms with E-state index in [1.165, 1.54) is 43.2 Å². The lowest BCUT2D eigenvalue weighted by molar-refractivity contribution is -0.133. The molecule has 0 bridgehead atoms. The first-order valence-corrected chi connectivity index (χ1v) is 13.2. The van der Waals surface area contributed by atoms with Crippen LogP contribution in [0.5, 0.6) is 0 Å². The number of aryl methyl sites for hydroxylation is 1. The first kappa shape index (κ1) is 27.7. The Hall–Kier alpha value is -2.85. The standard InChI is InChI=1S/C14H21N3O2S.C12H15FN2O/c1-8-6-4-5-7-11(8)16-13(19)17-14-15-9(2)12(20-14)10(3)18;1-15-11(7-14-8-12(15)16)6-9-2-4-10(13)5-3-9/h8,11H,4-7H2,1-3H3,(H2,15,16,17,19);2-5,11,14H,6-8H2,1H3. The van der Waals surface area contributed by atoms with E-state index in [9.17, 15) is 18.8 Å². The van der Waals surface area contributed by atoms with Crippen molar-refractivity contribution in [2.75, 3.05) is 25.5 Å². The van der Waals surface area contributed by atoms with Crippen molar-refractivity contribution in [3.05, 3.63) is 46.2 Å². The monoisotopic (exact) mass is 517 g/mol. The first-order chi connectivity index (χ1) is 17.1. The van der Waals surface area contributed by atoms with Crippen LogP contribution in [0.1, 0.15) is 60.5 Å². The molecule has 2 aromatic rings. The molecule has 1 aromatic heterocycles. The number of Topliss-reactive ketones (excluding diaryl/α,β-unsaturated/α-hetero) is 1. The Morgan fingerprint density at radius 2 is 1.92 bits per heavy atom. The van der Waals surface area contributed by atoms with Gasteiger partial charge in [0.2, 0.25) is 5.91 Å². The van der Waals surface area contributed by atoms with E-state index < -0.39 is 0 Å². The summed E-state index contributed by atoms with van der Waals surface area (Å²) in [6, 6.07) is 6.60. The zero-order valence-corrected chi connectivity index (χ0v) is 22.2. The van der Waals surface area contributed by atoms with E-state index in [2.05, 4.69) is 27.9 Å². The molecule has 4 rings (SSSR count). The van der Waals surface area contributed by atoms with Crippen molar-refractivity contribution in [1.29, 1.82) is 0 Å². The largest absolute Gasteiger partial charge is 0.340 e. The van der Waals surface area contributed by atoms with Crippen LogP contribution in [0.3, 0.4) is 0 Å². The summed E-state index contributed by atoms with van der Waals surface area (Å²) >= 11 is 1.23. The number of hydrogen-bond acceptors (Lipinski definition) is 6. The van der Waals surface area contributed by atoms with Gasteiger partial charge in [0, 0.05) is 32.6 Å². The summed E-state index contributed by atoms with van der Waals surface area (Å²) in [5.41, 5.74) is 1.72. The zero-order chi connectivity index (χ0) is 26.2. The molecule has 3 unspecified atom stereocenters. The molecule has 10 heteroatoms. The number of thiazole rings is 1. The van der Waals surface area contributed by atoms with Crippen LogP contribution in [0.2, 0.25) is 0 Å². The first-order valence-electron chi connectivity index (χ1n) is 12.4. The number of aromatic nitrogens is 1. The molecule has 3 amide bonds. The van der Waals surface area contributed by atoms with Crippen molar-refractivity contribution in [2.24, 2.45) is 5.92 Å². The number of piperazine rings is 1. The van der Waals surface area contributed by atoms with E-state index in [-0.39, 0.29) is 35.6 Å². The predicted octanol–water partition coefficient (Wildman–Crippen LogP) is 4.15. The third-order valence-electron chi connectivity index (χ3n) is 6.75. The Morgan fingerprint density at radius 1 is 1.22 bits per heavy atom. The van der Waals surface area contributed by atoms with Gasteiger partial charge in [-0.3, -0.25) is 14.9 Å². The van der Waals surface area contributed by atoms with E-state index in [0.29, 0.717) is 28.2 Å². The van der Waals surface area contributed by atoms with Crippen LogP contribution in [0.4, 0.5) is 14.3 Å². The molecule has 8 nitrogen and oxygen atoms in total. The number of urea groups is 1. The Balaban J connectivity index is 0.000000205. The van der Waals surface area contributed by atoms with Crippen molar-refractivity contribution in [1.82, 2.24) is 20.5 Å². The second-order valence-electron chi connectivity index (χ2n) is 9.58. The molecule has 0 spiro atoms. The molecule has 36 heavy (non-hydrogen) atoms. The maximum Gasteiger partial charge on any atom is 0.321 e. The van der Waals surface area contributed by atoms with Crippen molar-refractivity contribution >= 4 is 34.2 Å². The molecule has 1 saturated heterocycles. The van der Waals surface area contributed by atoms with Gasteiger partial charge in [-0.2, -0.15) is 0 Å². The smallest absolute Gasteiger partial charge is 0.321 e. The molecule has 2 aliphatic rings. The molecule has 1 saturated carbocycles. The summed E-state index contributed by atoms with van der Waals surface area (Å²) in [6.07, 6.45) is 5.37. The second kappa shape index (κ2) is 12.9. The minimum absolute atomic E-state index is 0.0191. The number of hydrogen-bond donors (Lipinski definition) is 3. The van der Waals surface area contributed by atoms with Crippen molar-refractivity contribution < 1.29 is 18.8 Å². The van der Waals surface area contributed by atoms with Crippen molar-refractivity contribution in [2.45, 2.75) is 65.0 Å². The highest BCUT2D eigenvalue weighted by molar-refractivity contribution is 7.17. The summed E-state index contributed by atoms with van der Waals surface area (Å²) < 4.78 is 12.7. The molecule has 3 N–H and O–H groups in total. The molecule has 2 heterocycles. The van der Waals surface area contributed by atoms with E-state index >= 15 is 0 Å². The van der Waals surface area contributed by atoms with Gasteiger partial charge in [-0.25, -0.2) is 14.2 Å². The highest BCUT2D eigenvalue weighted by atomic mass is 32.1. The number of anilines is 1. The second-order valence-corrected chi connectivity index (χ2v) is 10.6. The Morgan fingerprint density at radius 3 is 2.56 bits per heavy atom.